The highest BCUT2D eigenvalue weighted by Crippen LogP contribution is 2.41. The number of hydrogen-bond donors (Lipinski definition) is 2. The average Bonchev–Trinajstić information content (AvgIpc) is 3.16. The Hall–Kier alpha value is -3.13. The number of carbonyl (C=O) groups is 1. The Morgan fingerprint density at radius 1 is 1.11 bits per heavy atom. The van der Waals surface area contributed by atoms with Crippen LogP contribution in [0.15, 0.2) is 48.5 Å². The zero-order valence-electron chi connectivity index (χ0n) is 19.8. The van der Waals surface area contributed by atoms with Crippen molar-refractivity contribution in [2.75, 3.05) is 24.5 Å². The first-order chi connectivity index (χ1) is 16.8. The number of halogens is 2. The van der Waals surface area contributed by atoms with Crippen LogP contribution < -0.4 is 16.0 Å². The Balaban J connectivity index is 1.76. The fourth-order valence-corrected chi connectivity index (χ4v) is 5.12. The number of rotatable bonds is 6. The van der Waals surface area contributed by atoms with Crippen molar-refractivity contribution in [1.29, 1.82) is 0 Å². The first-order valence-electron chi connectivity index (χ1n) is 11.5. The molecule has 0 spiro atoms. The van der Waals surface area contributed by atoms with Gasteiger partial charge in [-0.1, -0.05) is 60.5 Å². The molecule has 3 N–H and O–H groups in total. The Labute approximate surface area is 213 Å². The van der Waals surface area contributed by atoms with E-state index in [1.807, 2.05) is 73.8 Å². The highest BCUT2D eigenvalue weighted by molar-refractivity contribution is 6.33. The van der Waals surface area contributed by atoms with Gasteiger partial charge in [-0.15, -0.1) is 0 Å². The van der Waals surface area contributed by atoms with Crippen molar-refractivity contribution in [2.45, 2.75) is 26.3 Å². The minimum Gasteiger partial charge on any atom is -0.368 e. The molecule has 180 valence electrons. The van der Waals surface area contributed by atoms with E-state index in [1.165, 1.54) is 0 Å². The van der Waals surface area contributed by atoms with E-state index >= 15 is 0 Å². The van der Waals surface area contributed by atoms with E-state index in [9.17, 15) is 4.79 Å². The SMILES string of the molecule is CCNC1(C(N)=O)CN(c2c(C)c(C)nc3c(-c4ccc(Cl)cc4)c(-c4ccccc4Cl)nn23)C1. The van der Waals surface area contributed by atoms with Gasteiger partial charge >= 0.3 is 0 Å². The van der Waals surface area contributed by atoms with Gasteiger partial charge in [-0.2, -0.15) is 9.61 Å². The van der Waals surface area contributed by atoms with Gasteiger partial charge in [0, 0.05) is 34.9 Å². The zero-order valence-corrected chi connectivity index (χ0v) is 21.3. The van der Waals surface area contributed by atoms with E-state index in [0.717, 1.165) is 39.5 Å². The van der Waals surface area contributed by atoms with Crippen molar-refractivity contribution >= 4 is 40.6 Å². The molecule has 2 aromatic carbocycles. The van der Waals surface area contributed by atoms with Gasteiger partial charge in [0.25, 0.3) is 0 Å². The number of amides is 1. The molecule has 0 radical (unpaired) electrons. The van der Waals surface area contributed by atoms with E-state index in [4.69, 9.17) is 39.0 Å². The van der Waals surface area contributed by atoms with Crippen LogP contribution in [0.2, 0.25) is 10.0 Å². The van der Waals surface area contributed by atoms with Gasteiger partial charge in [0.2, 0.25) is 5.91 Å². The Morgan fingerprint density at radius 2 is 1.80 bits per heavy atom. The number of nitrogens with two attached hydrogens (primary N) is 1. The molecule has 1 saturated heterocycles. The van der Waals surface area contributed by atoms with Gasteiger partial charge in [0.05, 0.1) is 10.6 Å². The third-order valence-corrected chi connectivity index (χ3v) is 7.26. The van der Waals surface area contributed by atoms with Crippen molar-refractivity contribution in [3.05, 3.63) is 69.8 Å². The molecule has 0 unspecified atom stereocenters. The Morgan fingerprint density at radius 3 is 2.43 bits per heavy atom. The van der Waals surface area contributed by atoms with Crippen LogP contribution in [-0.4, -0.2) is 45.7 Å². The third kappa shape index (κ3) is 3.84. The van der Waals surface area contributed by atoms with Crippen LogP contribution in [0.4, 0.5) is 5.82 Å². The molecule has 0 bridgehead atoms. The predicted molar refractivity (Wildman–Crippen MR) is 141 cm³/mol. The van der Waals surface area contributed by atoms with Crippen LogP contribution in [0.5, 0.6) is 0 Å². The fraction of sp³-hybridized carbons (Fsp3) is 0.269. The second-order valence-electron chi connectivity index (χ2n) is 8.92. The number of hydrogen-bond acceptors (Lipinski definition) is 5. The number of anilines is 1. The van der Waals surface area contributed by atoms with Crippen LogP contribution in [0.3, 0.4) is 0 Å². The summed E-state index contributed by atoms with van der Waals surface area (Å²) in [5.74, 6) is 0.533. The van der Waals surface area contributed by atoms with E-state index in [1.54, 1.807) is 0 Å². The maximum atomic E-state index is 12.3. The monoisotopic (exact) mass is 508 g/mol. The number of likely N-dealkylation sites (N-methyl/N-ethyl adjacent to an activating group) is 1. The summed E-state index contributed by atoms with van der Waals surface area (Å²) in [4.78, 5) is 19.3. The molecule has 0 atom stereocenters. The number of benzene rings is 2. The summed E-state index contributed by atoms with van der Waals surface area (Å²) >= 11 is 12.8. The maximum absolute atomic E-state index is 12.3. The largest absolute Gasteiger partial charge is 0.368 e. The zero-order chi connectivity index (χ0) is 24.9. The molecular formula is C26H26Cl2N6O. The summed E-state index contributed by atoms with van der Waals surface area (Å²) in [6.45, 7) is 7.53. The van der Waals surface area contributed by atoms with Crippen molar-refractivity contribution in [3.63, 3.8) is 0 Å². The molecular weight excluding hydrogens is 483 g/mol. The van der Waals surface area contributed by atoms with E-state index in [-0.39, 0.29) is 5.91 Å². The summed E-state index contributed by atoms with van der Waals surface area (Å²) in [5, 5.41) is 9.56. The van der Waals surface area contributed by atoms with Gasteiger partial charge in [-0.05, 0) is 44.2 Å². The summed E-state index contributed by atoms with van der Waals surface area (Å²) in [7, 11) is 0. The summed E-state index contributed by atoms with van der Waals surface area (Å²) in [5.41, 5.74) is 10.9. The van der Waals surface area contributed by atoms with Crippen LogP contribution in [-0.2, 0) is 4.79 Å². The van der Waals surface area contributed by atoms with E-state index in [2.05, 4.69) is 10.2 Å². The molecule has 7 nitrogen and oxygen atoms in total. The number of aryl methyl sites for hydroxylation is 1. The first kappa shape index (κ1) is 23.6. The van der Waals surface area contributed by atoms with Gasteiger partial charge < -0.3 is 16.0 Å². The lowest BCUT2D eigenvalue weighted by molar-refractivity contribution is -0.125. The smallest absolute Gasteiger partial charge is 0.241 e. The van der Waals surface area contributed by atoms with Crippen molar-refractivity contribution in [1.82, 2.24) is 19.9 Å². The minimum absolute atomic E-state index is 0.352. The average molecular weight is 509 g/mol. The van der Waals surface area contributed by atoms with Gasteiger partial charge in [-0.3, -0.25) is 4.79 Å². The van der Waals surface area contributed by atoms with E-state index in [0.29, 0.717) is 35.3 Å². The standard InChI is InChI=1S/C26H26Cl2N6O/c1-4-30-26(25(29)35)13-33(14-26)24-15(2)16(3)31-23-21(17-9-11-18(27)12-10-17)22(32-34(23)24)19-7-5-6-8-20(19)28/h5-12,30H,4,13-14H2,1-3H3,(H2,29,35). The van der Waals surface area contributed by atoms with Gasteiger partial charge in [0.1, 0.15) is 17.1 Å². The van der Waals surface area contributed by atoms with Gasteiger partial charge in [0.15, 0.2) is 5.65 Å². The normalized spacial score (nSPS) is 14.8. The minimum atomic E-state index is -0.761. The molecule has 0 saturated carbocycles. The van der Waals surface area contributed by atoms with Crippen LogP contribution in [0, 0.1) is 13.8 Å². The third-order valence-electron chi connectivity index (χ3n) is 6.68. The molecule has 1 amide bonds. The van der Waals surface area contributed by atoms with Crippen LogP contribution in [0.1, 0.15) is 18.2 Å². The summed E-state index contributed by atoms with van der Waals surface area (Å²) < 4.78 is 1.86. The summed E-state index contributed by atoms with van der Waals surface area (Å²) in [6.07, 6.45) is 0. The number of primary amides is 1. The predicted octanol–water partition coefficient (Wildman–Crippen LogP) is 4.64. The number of fused-ring (bicyclic) bond motifs is 1. The lowest BCUT2D eigenvalue weighted by atomic mass is 9.88. The fourth-order valence-electron chi connectivity index (χ4n) is 4.77. The number of carbonyl (C=O) groups excluding carboxylic acids is 1. The molecule has 3 heterocycles. The Kier molecular flexibility index (Phi) is 5.95. The molecule has 1 aliphatic rings. The quantitative estimate of drug-likeness (QED) is 0.396. The van der Waals surface area contributed by atoms with Crippen molar-refractivity contribution < 1.29 is 4.79 Å². The maximum Gasteiger partial charge on any atom is 0.241 e. The lowest BCUT2D eigenvalue weighted by Crippen LogP contribution is -2.75. The molecule has 9 heteroatoms. The second-order valence-corrected chi connectivity index (χ2v) is 9.77. The van der Waals surface area contributed by atoms with Crippen LogP contribution >= 0.6 is 23.2 Å². The molecule has 2 aromatic heterocycles. The molecule has 5 rings (SSSR count). The Bertz CT molecular complexity index is 1440. The molecule has 35 heavy (non-hydrogen) atoms. The highest BCUT2D eigenvalue weighted by atomic mass is 35.5. The van der Waals surface area contributed by atoms with Gasteiger partial charge in [-0.25, -0.2) is 4.98 Å². The van der Waals surface area contributed by atoms with Crippen molar-refractivity contribution in [3.8, 4) is 22.4 Å². The molecule has 4 aromatic rings. The second kappa shape index (κ2) is 8.82. The first-order valence-corrected chi connectivity index (χ1v) is 12.2. The summed E-state index contributed by atoms with van der Waals surface area (Å²) in [6, 6.07) is 15.3. The molecule has 1 fully saturated rings. The molecule has 1 aliphatic heterocycles. The number of aromatic nitrogens is 3. The highest BCUT2D eigenvalue weighted by Gasteiger charge is 2.49. The topological polar surface area (TPSA) is 88.5 Å². The lowest BCUT2D eigenvalue weighted by Gasteiger charge is -2.49. The van der Waals surface area contributed by atoms with Crippen molar-refractivity contribution in [2.24, 2.45) is 5.73 Å². The van der Waals surface area contributed by atoms with Crippen LogP contribution in [0.25, 0.3) is 28.0 Å². The molecule has 0 aliphatic carbocycles. The number of nitrogens with zero attached hydrogens (tertiary/aromatic N) is 4. The van der Waals surface area contributed by atoms with E-state index < -0.39 is 5.54 Å². The number of nitrogens with one attached hydrogen (secondary N) is 1.